The van der Waals surface area contributed by atoms with E-state index in [4.69, 9.17) is 0 Å². The van der Waals surface area contributed by atoms with E-state index in [1.54, 1.807) is 0 Å². The summed E-state index contributed by atoms with van der Waals surface area (Å²) >= 11 is 1.87. The van der Waals surface area contributed by atoms with Crippen LogP contribution in [0, 0.1) is 5.92 Å². The molecule has 0 bridgehead atoms. The Morgan fingerprint density at radius 2 is 2.00 bits per heavy atom. The quantitative estimate of drug-likeness (QED) is 0.841. The summed E-state index contributed by atoms with van der Waals surface area (Å²) in [5, 5.41) is 3.63. The minimum Gasteiger partial charge on any atom is -0.382 e. The summed E-state index contributed by atoms with van der Waals surface area (Å²) < 4.78 is 0. The molecule has 0 aliphatic heterocycles. The molecule has 1 saturated carbocycles. The van der Waals surface area contributed by atoms with E-state index in [0.29, 0.717) is 6.04 Å². The first-order valence-electron chi connectivity index (χ1n) is 6.12. The summed E-state index contributed by atoms with van der Waals surface area (Å²) in [6.07, 6.45) is 6.18. The first-order valence-corrected chi connectivity index (χ1v) is 7.51. The molecular formula is C14H21NS. The topological polar surface area (TPSA) is 12.0 Å². The number of benzene rings is 1. The van der Waals surface area contributed by atoms with Gasteiger partial charge < -0.3 is 5.32 Å². The van der Waals surface area contributed by atoms with Gasteiger partial charge in [0, 0.05) is 17.5 Å². The molecule has 0 spiro atoms. The molecule has 1 N–H and O–H groups in total. The van der Waals surface area contributed by atoms with Crippen LogP contribution in [-0.4, -0.2) is 12.3 Å². The van der Waals surface area contributed by atoms with E-state index in [9.17, 15) is 0 Å². The van der Waals surface area contributed by atoms with Crippen molar-refractivity contribution in [3.63, 3.8) is 0 Å². The van der Waals surface area contributed by atoms with Gasteiger partial charge in [-0.1, -0.05) is 19.1 Å². The summed E-state index contributed by atoms with van der Waals surface area (Å²) in [5.74, 6) is 2.01. The van der Waals surface area contributed by atoms with E-state index in [-0.39, 0.29) is 0 Å². The van der Waals surface area contributed by atoms with E-state index in [1.807, 2.05) is 11.8 Å². The van der Waals surface area contributed by atoms with Crippen LogP contribution >= 0.6 is 11.8 Å². The van der Waals surface area contributed by atoms with Crippen LogP contribution in [0.3, 0.4) is 0 Å². The molecule has 16 heavy (non-hydrogen) atoms. The normalized spacial score (nSPS) is 24.6. The Balaban J connectivity index is 1.89. The van der Waals surface area contributed by atoms with Crippen molar-refractivity contribution >= 4 is 17.4 Å². The van der Waals surface area contributed by atoms with Gasteiger partial charge in [0.2, 0.25) is 0 Å². The zero-order valence-corrected chi connectivity index (χ0v) is 11.0. The van der Waals surface area contributed by atoms with Crippen LogP contribution in [0.15, 0.2) is 24.3 Å². The van der Waals surface area contributed by atoms with Crippen LogP contribution in [-0.2, 0) is 5.75 Å². The van der Waals surface area contributed by atoms with Gasteiger partial charge in [-0.25, -0.2) is 0 Å². The van der Waals surface area contributed by atoms with Crippen molar-refractivity contribution in [3.05, 3.63) is 29.8 Å². The Morgan fingerprint density at radius 3 is 2.56 bits per heavy atom. The summed E-state index contributed by atoms with van der Waals surface area (Å²) in [7, 11) is 0. The van der Waals surface area contributed by atoms with E-state index >= 15 is 0 Å². The third-order valence-electron chi connectivity index (χ3n) is 3.33. The van der Waals surface area contributed by atoms with Gasteiger partial charge in [0.05, 0.1) is 0 Å². The molecule has 1 nitrogen and oxygen atoms in total. The molecule has 0 radical (unpaired) electrons. The van der Waals surface area contributed by atoms with E-state index in [1.165, 1.54) is 30.5 Å². The summed E-state index contributed by atoms with van der Waals surface area (Å²) in [6, 6.07) is 9.60. The molecule has 2 unspecified atom stereocenters. The van der Waals surface area contributed by atoms with Crippen LogP contribution in [0.1, 0.15) is 31.7 Å². The Morgan fingerprint density at radius 1 is 1.25 bits per heavy atom. The highest BCUT2D eigenvalue weighted by molar-refractivity contribution is 7.97. The molecular weight excluding hydrogens is 214 g/mol. The van der Waals surface area contributed by atoms with Gasteiger partial charge in [-0.15, -0.1) is 0 Å². The smallest absolute Gasteiger partial charge is 0.0342 e. The standard InChI is InChI=1S/C14H21NS/c1-11-3-6-14(9-11)15-13-7-4-12(5-8-13)10-16-2/h4-5,7-8,11,14-15H,3,6,9-10H2,1-2H3. The van der Waals surface area contributed by atoms with Crippen LogP contribution in [0.4, 0.5) is 5.69 Å². The Bertz CT molecular complexity index is 320. The van der Waals surface area contributed by atoms with Gasteiger partial charge in [-0.2, -0.15) is 11.8 Å². The molecule has 1 aromatic rings. The molecule has 0 saturated heterocycles. The number of nitrogens with one attached hydrogen (secondary N) is 1. The van der Waals surface area contributed by atoms with Crippen molar-refractivity contribution in [3.8, 4) is 0 Å². The fraction of sp³-hybridized carbons (Fsp3) is 0.571. The number of hydrogen-bond acceptors (Lipinski definition) is 2. The first kappa shape index (κ1) is 11.8. The summed E-state index contributed by atoms with van der Waals surface area (Å²) in [6.45, 7) is 2.35. The molecule has 0 heterocycles. The number of anilines is 1. The SMILES string of the molecule is CSCc1ccc(NC2CCC(C)C2)cc1. The Kier molecular flexibility index (Phi) is 4.16. The fourth-order valence-corrected chi connectivity index (χ4v) is 2.96. The summed E-state index contributed by atoms with van der Waals surface area (Å²) in [5.41, 5.74) is 2.70. The van der Waals surface area contributed by atoms with Gasteiger partial charge in [0.25, 0.3) is 0 Å². The van der Waals surface area contributed by atoms with Gasteiger partial charge in [-0.3, -0.25) is 0 Å². The lowest BCUT2D eigenvalue weighted by atomic mass is 10.1. The van der Waals surface area contributed by atoms with Crippen LogP contribution in [0.25, 0.3) is 0 Å². The van der Waals surface area contributed by atoms with Crippen molar-refractivity contribution in [1.82, 2.24) is 0 Å². The lowest BCUT2D eigenvalue weighted by Gasteiger charge is -2.14. The lowest BCUT2D eigenvalue weighted by molar-refractivity contribution is 0.602. The van der Waals surface area contributed by atoms with Crippen LogP contribution < -0.4 is 5.32 Å². The highest BCUT2D eigenvalue weighted by Crippen LogP contribution is 2.27. The first-order chi connectivity index (χ1) is 7.78. The molecule has 2 atom stereocenters. The lowest BCUT2D eigenvalue weighted by Crippen LogP contribution is -2.15. The van der Waals surface area contributed by atoms with Gasteiger partial charge >= 0.3 is 0 Å². The molecule has 1 fully saturated rings. The minimum atomic E-state index is 0.696. The Labute approximate surface area is 103 Å². The molecule has 1 aromatic carbocycles. The van der Waals surface area contributed by atoms with Gasteiger partial charge in [0.1, 0.15) is 0 Å². The average molecular weight is 235 g/mol. The van der Waals surface area contributed by atoms with E-state index < -0.39 is 0 Å². The van der Waals surface area contributed by atoms with Crippen molar-refractivity contribution in [1.29, 1.82) is 0 Å². The van der Waals surface area contributed by atoms with Crippen molar-refractivity contribution in [2.45, 2.75) is 38.0 Å². The predicted molar refractivity (Wildman–Crippen MR) is 74.1 cm³/mol. The Hall–Kier alpha value is -0.630. The largest absolute Gasteiger partial charge is 0.382 e. The second kappa shape index (κ2) is 5.62. The molecule has 0 amide bonds. The maximum Gasteiger partial charge on any atom is 0.0342 e. The number of hydrogen-bond donors (Lipinski definition) is 1. The monoisotopic (exact) mass is 235 g/mol. The zero-order chi connectivity index (χ0) is 11.4. The number of rotatable bonds is 4. The van der Waals surface area contributed by atoms with Crippen LogP contribution in [0.5, 0.6) is 0 Å². The van der Waals surface area contributed by atoms with E-state index in [0.717, 1.165) is 11.7 Å². The molecule has 2 heteroatoms. The van der Waals surface area contributed by atoms with Crippen molar-refractivity contribution in [2.24, 2.45) is 5.92 Å². The fourth-order valence-electron chi connectivity index (χ4n) is 2.44. The van der Waals surface area contributed by atoms with Crippen LogP contribution in [0.2, 0.25) is 0 Å². The van der Waals surface area contributed by atoms with Gasteiger partial charge in [-0.05, 0) is 49.1 Å². The highest BCUT2D eigenvalue weighted by atomic mass is 32.2. The van der Waals surface area contributed by atoms with E-state index in [2.05, 4.69) is 42.8 Å². The maximum absolute atomic E-state index is 3.63. The average Bonchev–Trinajstić information content (AvgIpc) is 2.67. The number of thioether (sulfide) groups is 1. The minimum absolute atomic E-state index is 0.696. The summed E-state index contributed by atoms with van der Waals surface area (Å²) in [4.78, 5) is 0. The second-order valence-corrected chi connectivity index (χ2v) is 5.76. The van der Waals surface area contributed by atoms with Crippen molar-refractivity contribution in [2.75, 3.05) is 11.6 Å². The molecule has 2 rings (SSSR count). The third kappa shape index (κ3) is 3.18. The maximum atomic E-state index is 3.63. The van der Waals surface area contributed by atoms with Crippen molar-refractivity contribution < 1.29 is 0 Å². The molecule has 0 aromatic heterocycles. The third-order valence-corrected chi connectivity index (χ3v) is 3.95. The zero-order valence-electron chi connectivity index (χ0n) is 10.2. The van der Waals surface area contributed by atoms with Gasteiger partial charge in [0.15, 0.2) is 0 Å². The predicted octanol–water partition coefficient (Wildman–Crippen LogP) is 4.15. The molecule has 1 aliphatic rings. The molecule has 88 valence electrons. The highest BCUT2D eigenvalue weighted by Gasteiger charge is 2.20. The molecule has 1 aliphatic carbocycles. The second-order valence-electron chi connectivity index (χ2n) is 4.89.